The number of benzene rings is 1. The summed E-state index contributed by atoms with van der Waals surface area (Å²) >= 11 is 0. The van der Waals surface area contributed by atoms with Crippen molar-refractivity contribution in [1.82, 2.24) is 15.0 Å². The van der Waals surface area contributed by atoms with Crippen molar-refractivity contribution < 1.29 is 14.4 Å². The smallest absolute Gasteiger partial charge is 0.241 e. The first-order valence-electron chi connectivity index (χ1n) is 7.11. The van der Waals surface area contributed by atoms with Gasteiger partial charge in [0.15, 0.2) is 0 Å². The third-order valence-corrected chi connectivity index (χ3v) is 3.46. The van der Waals surface area contributed by atoms with Crippen LogP contribution in [0.5, 0.6) is 0 Å². The van der Waals surface area contributed by atoms with Crippen LogP contribution >= 0.6 is 0 Å². The molecule has 0 aliphatic carbocycles. The predicted molar refractivity (Wildman–Crippen MR) is 76.4 cm³/mol. The van der Waals surface area contributed by atoms with E-state index >= 15 is 0 Å². The van der Waals surface area contributed by atoms with Crippen LogP contribution in [0.1, 0.15) is 12.8 Å². The van der Waals surface area contributed by atoms with Crippen molar-refractivity contribution in [3.63, 3.8) is 0 Å². The molecule has 1 N–H and O–H groups in total. The zero-order valence-electron chi connectivity index (χ0n) is 12.0. The maximum atomic E-state index is 9.24. The highest BCUT2D eigenvalue weighted by Gasteiger charge is 2.26. The van der Waals surface area contributed by atoms with Gasteiger partial charge in [0, 0.05) is 18.7 Å². The van der Waals surface area contributed by atoms with Gasteiger partial charge in [0.2, 0.25) is 11.7 Å². The lowest BCUT2D eigenvalue weighted by Gasteiger charge is -2.35. The zero-order chi connectivity index (χ0) is 14.7. The van der Waals surface area contributed by atoms with Crippen molar-refractivity contribution >= 4 is 0 Å². The van der Waals surface area contributed by atoms with E-state index in [0.29, 0.717) is 24.8 Å². The lowest BCUT2D eigenvalue weighted by molar-refractivity contribution is -0.0988. The number of aliphatic hydroxyl groups is 1. The Labute approximate surface area is 123 Å². The highest BCUT2D eigenvalue weighted by Crippen LogP contribution is 2.17. The van der Waals surface area contributed by atoms with Gasteiger partial charge in [-0.1, -0.05) is 35.5 Å². The van der Waals surface area contributed by atoms with Crippen molar-refractivity contribution in [2.45, 2.75) is 25.7 Å². The molecule has 1 saturated heterocycles. The lowest BCUT2D eigenvalue weighted by Crippen LogP contribution is -2.47. The highest BCUT2D eigenvalue weighted by atomic mass is 16.5. The van der Waals surface area contributed by atoms with Crippen molar-refractivity contribution in [3.8, 4) is 11.4 Å². The molecule has 0 amide bonds. The van der Waals surface area contributed by atoms with Crippen LogP contribution in [0.15, 0.2) is 34.9 Å². The summed E-state index contributed by atoms with van der Waals surface area (Å²) < 4.78 is 10.9. The fourth-order valence-electron chi connectivity index (χ4n) is 2.59. The van der Waals surface area contributed by atoms with Crippen molar-refractivity contribution in [3.05, 3.63) is 36.2 Å². The summed E-state index contributed by atoms with van der Waals surface area (Å²) in [6, 6.07) is 9.75. The Morgan fingerprint density at radius 2 is 2.10 bits per heavy atom. The Morgan fingerprint density at radius 3 is 2.86 bits per heavy atom. The van der Waals surface area contributed by atoms with Gasteiger partial charge < -0.3 is 14.4 Å². The number of ether oxygens (including phenoxy) is 1. The van der Waals surface area contributed by atoms with E-state index in [1.165, 1.54) is 0 Å². The molecule has 1 aliphatic rings. The van der Waals surface area contributed by atoms with E-state index in [2.05, 4.69) is 15.0 Å². The third kappa shape index (κ3) is 3.47. The van der Waals surface area contributed by atoms with Crippen LogP contribution in [-0.4, -0.2) is 52.1 Å². The van der Waals surface area contributed by atoms with Crippen molar-refractivity contribution in [2.24, 2.45) is 0 Å². The standard InChI is InChI=1S/C15H19N3O3/c1-11-7-18(8-13(10-19)20-11)9-14-16-15(17-21-14)12-5-3-2-4-6-12/h2-6,11,13,19H,7-10H2,1H3. The second-order valence-electron chi connectivity index (χ2n) is 5.32. The molecule has 2 unspecified atom stereocenters. The Bertz CT molecular complexity index is 573. The van der Waals surface area contributed by atoms with Gasteiger partial charge in [-0.3, -0.25) is 4.90 Å². The molecule has 1 fully saturated rings. The van der Waals surface area contributed by atoms with Crippen molar-refractivity contribution in [2.75, 3.05) is 19.7 Å². The van der Waals surface area contributed by atoms with E-state index < -0.39 is 0 Å². The number of aromatic nitrogens is 2. The van der Waals surface area contributed by atoms with Crippen LogP contribution in [0.3, 0.4) is 0 Å². The molecule has 0 saturated carbocycles. The highest BCUT2D eigenvalue weighted by molar-refractivity contribution is 5.53. The molecule has 0 bridgehead atoms. The van der Waals surface area contributed by atoms with Gasteiger partial charge in [-0.2, -0.15) is 4.98 Å². The molecule has 2 heterocycles. The number of rotatable bonds is 4. The number of nitrogens with zero attached hydrogens (tertiary/aromatic N) is 3. The predicted octanol–water partition coefficient (Wildman–Crippen LogP) is 1.32. The van der Waals surface area contributed by atoms with Gasteiger partial charge in [0.05, 0.1) is 25.4 Å². The summed E-state index contributed by atoms with van der Waals surface area (Å²) in [7, 11) is 0. The van der Waals surface area contributed by atoms with Gasteiger partial charge in [-0.25, -0.2) is 0 Å². The third-order valence-electron chi connectivity index (χ3n) is 3.46. The molecule has 2 atom stereocenters. The van der Waals surface area contributed by atoms with Gasteiger partial charge in [-0.05, 0) is 6.92 Å². The van der Waals surface area contributed by atoms with E-state index in [1.54, 1.807) is 0 Å². The fraction of sp³-hybridized carbons (Fsp3) is 0.467. The molecule has 2 aromatic rings. The van der Waals surface area contributed by atoms with Crippen molar-refractivity contribution in [1.29, 1.82) is 0 Å². The fourth-order valence-corrected chi connectivity index (χ4v) is 2.59. The summed E-state index contributed by atoms with van der Waals surface area (Å²) in [5, 5.41) is 13.3. The molecule has 3 rings (SSSR count). The maximum Gasteiger partial charge on any atom is 0.241 e. The molecule has 6 nitrogen and oxygen atoms in total. The molecule has 1 aliphatic heterocycles. The molecule has 21 heavy (non-hydrogen) atoms. The van der Waals surface area contributed by atoms with E-state index in [4.69, 9.17) is 9.26 Å². The first-order chi connectivity index (χ1) is 10.2. The molecule has 1 aromatic carbocycles. The maximum absolute atomic E-state index is 9.24. The SMILES string of the molecule is CC1CN(Cc2nc(-c3ccccc3)no2)CC(CO)O1. The first-order valence-corrected chi connectivity index (χ1v) is 7.11. The second kappa shape index (κ2) is 6.34. The first kappa shape index (κ1) is 14.2. The summed E-state index contributed by atoms with van der Waals surface area (Å²) in [6.45, 7) is 4.06. The van der Waals surface area contributed by atoms with E-state index in [1.807, 2.05) is 37.3 Å². The number of morpholine rings is 1. The van der Waals surface area contributed by atoms with Crippen LogP contribution < -0.4 is 0 Å². The average Bonchev–Trinajstić information content (AvgIpc) is 2.96. The molecule has 0 radical (unpaired) electrons. The lowest BCUT2D eigenvalue weighted by atomic mass is 10.2. The monoisotopic (exact) mass is 289 g/mol. The molecule has 112 valence electrons. The molecular formula is C15H19N3O3. The van der Waals surface area contributed by atoms with E-state index in [0.717, 1.165) is 12.1 Å². The number of hydrogen-bond acceptors (Lipinski definition) is 6. The van der Waals surface area contributed by atoms with Gasteiger partial charge in [0.1, 0.15) is 0 Å². The molecule has 1 aromatic heterocycles. The summed E-state index contributed by atoms with van der Waals surface area (Å²) in [6.07, 6.45) is -0.0577. The Kier molecular flexibility index (Phi) is 4.28. The molecule has 0 spiro atoms. The Morgan fingerprint density at radius 1 is 1.29 bits per heavy atom. The Balaban J connectivity index is 1.67. The van der Waals surface area contributed by atoms with E-state index in [9.17, 15) is 5.11 Å². The average molecular weight is 289 g/mol. The normalized spacial score (nSPS) is 23.3. The molecule has 6 heteroatoms. The minimum Gasteiger partial charge on any atom is -0.394 e. The largest absolute Gasteiger partial charge is 0.394 e. The van der Waals surface area contributed by atoms with Crippen LogP contribution in [0.4, 0.5) is 0 Å². The summed E-state index contributed by atoms with van der Waals surface area (Å²) in [5.74, 6) is 1.19. The molecular weight excluding hydrogens is 270 g/mol. The zero-order valence-corrected chi connectivity index (χ0v) is 12.0. The summed E-state index contributed by atoms with van der Waals surface area (Å²) in [4.78, 5) is 6.59. The minimum atomic E-state index is -0.148. The van der Waals surface area contributed by atoms with Crippen LogP contribution in [-0.2, 0) is 11.3 Å². The second-order valence-corrected chi connectivity index (χ2v) is 5.32. The van der Waals surface area contributed by atoms with Crippen LogP contribution in [0.25, 0.3) is 11.4 Å². The van der Waals surface area contributed by atoms with Gasteiger partial charge >= 0.3 is 0 Å². The summed E-state index contributed by atoms with van der Waals surface area (Å²) in [5.41, 5.74) is 0.941. The minimum absolute atomic E-state index is 0.0277. The van der Waals surface area contributed by atoms with Gasteiger partial charge in [-0.15, -0.1) is 0 Å². The van der Waals surface area contributed by atoms with Gasteiger partial charge in [0.25, 0.3) is 0 Å². The quantitative estimate of drug-likeness (QED) is 0.915. The van der Waals surface area contributed by atoms with E-state index in [-0.39, 0.29) is 18.8 Å². The van der Waals surface area contributed by atoms with Crippen LogP contribution in [0, 0.1) is 0 Å². The Hall–Kier alpha value is -1.76. The van der Waals surface area contributed by atoms with Crippen LogP contribution in [0.2, 0.25) is 0 Å². The number of aliphatic hydroxyl groups excluding tert-OH is 1. The number of hydrogen-bond donors (Lipinski definition) is 1. The topological polar surface area (TPSA) is 71.6 Å².